The molecule has 2 saturated heterocycles. The summed E-state index contributed by atoms with van der Waals surface area (Å²) in [6.07, 6.45) is 11.9. The third-order valence-corrected chi connectivity index (χ3v) is 10.4. The van der Waals surface area contributed by atoms with E-state index >= 15 is 0 Å². The Morgan fingerprint density at radius 2 is 0.929 bits per heavy atom. The van der Waals surface area contributed by atoms with Crippen molar-refractivity contribution in [2.45, 2.75) is 12.8 Å². The number of anilines is 2. The van der Waals surface area contributed by atoms with E-state index in [-0.39, 0.29) is 71.0 Å². The number of fused-ring (bicyclic) bond motifs is 10. The molecule has 1 aromatic heterocycles. The van der Waals surface area contributed by atoms with E-state index in [1.165, 1.54) is 9.80 Å². The Morgan fingerprint density at radius 1 is 0.524 bits per heavy atom. The topological polar surface area (TPSA) is 101 Å². The van der Waals surface area contributed by atoms with Gasteiger partial charge < -0.3 is 0 Å². The van der Waals surface area contributed by atoms with Crippen LogP contribution in [0.15, 0.2) is 85.1 Å². The summed E-state index contributed by atoms with van der Waals surface area (Å²) in [5.74, 6) is -0.0616. The van der Waals surface area contributed by atoms with Crippen molar-refractivity contribution in [3.63, 3.8) is 0 Å². The molecule has 8 atom stereocenters. The van der Waals surface area contributed by atoms with Gasteiger partial charge in [-0.05, 0) is 79.0 Å². The molecule has 4 fully saturated rings. The van der Waals surface area contributed by atoms with Gasteiger partial charge in [0.25, 0.3) is 0 Å². The molecular weight excluding hydrogens is 528 g/mol. The maximum Gasteiger partial charge on any atom is 0.238 e. The number of rotatable bonds is 4. The maximum absolute atomic E-state index is 13.2. The Bertz CT molecular complexity index is 1590. The van der Waals surface area contributed by atoms with Gasteiger partial charge >= 0.3 is 0 Å². The van der Waals surface area contributed by atoms with Crippen molar-refractivity contribution >= 4 is 35.0 Å². The summed E-state index contributed by atoms with van der Waals surface area (Å²) in [4.78, 5) is 64.6. The Hall–Kier alpha value is -4.72. The van der Waals surface area contributed by atoms with E-state index in [9.17, 15) is 19.2 Å². The molecule has 0 N–H and O–H groups in total. The number of allylic oxidation sites excluding steroid dienone is 4. The highest BCUT2D eigenvalue weighted by atomic mass is 16.2. The molecule has 8 heteroatoms. The van der Waals surface area contributed by atoms with Crippen molar-refractivity contribution in [2.24, 2.45) is 47.3 Å². The summed E-state index contributed by atoms with van der Waals surface area (Å²) in [6.45, 7) is 0. The summed E-state index contributed by atoms with van der Waals surface area (Å²) in [6, 6.07) is 16.4. The van der Waals surface area contributed by atoms with Gasteiger partial charge in [0, 0.05) is 17.3 Å². The third-order valence-electron chi connectivity index (χ3n) is 10.4. The lowest BCUT2D eigenvalue weighted by Gasteiger charge is -2.18. The van der Waals surface area contributed by atoms with Gasteiger partial charge in [-0.1, -0.05) is 36.4 Å². The molecule has 8 nitrogen and oxygen atoms in total. The zero-order chi connectivity index (χ0) is 28.3. The highest BCUT2D eigenvalue weighted by molar-refractivity contribution is 6.23. The van der Waals surface area contributed by atoms with Crippen LogP contribution in [0, 0.1) is 47.3 Å². The van der Waals surface area contributed by atoms with Crippen LogP contribution in [0.2, 0.25) is 0 Å². The summed E-state index contributed by atoms with van der Waals surface area (Å²) in [7, 11) is 0. The first-order valence-electron chi connectivity index (χ1n) is 14.6. The standard InChI is InChI=1S/C34H26N4O4/c39-31-26-19-1-2-20(15-19)27(26)32(40)37(31)23-9-5-17(6-10-23)25-13-14-35-30(36-25)18-7-11-24(12-8-18)38-33(41)28-21-3-4-22(16-21)29(28)34(38)42/h1-14,19-22,26-29H,15-16H2. The summed E-state index contributed by atoms with van der Waals surface area (Å²) >= 11 is 0. The number of benzene rings is 2. The number of nitrogens with zero attached hydrogens (tertiary/aromatic N) is 4. The molecule has 3 heterocycles. The lowest BCUT2D eigenvalue weighted by molar-refractivity contribution is -0.124. The largest absolute Gasteiger partial charge is 0.274 e. The number of amides is 4. The van der Waals surface area contributed by atoms with Gasteiger partial charge in [0.15, 0.2) is 5.82 Å². The van der Waals surface area contributed by atoms with Gasteiger partial charge in [0.05, 0.1) is 40.7 Å². The lowest BCUT2D eigenvalue weighted by Crippen LogP contribution is -2.32. The third kappa shape index (κ3) is 3.12. The fourth-order valence-electron chi connectivity index (χ4n) is 8.51. The number of hydrogen-bond acceptors (Lipinski definition) is 6. The molecule has 6 aliphatic rings. The van der Waals surface area contributed by atoms with E-state index in [1.54, 1.807) is 30.5 Å². The van der Waals surface area contributed by atoms with Crippen molar-refractivity contribution in [3.8, 4) is 22.6 Å². The van der Waals surface area contributed by atoms with Crippen molar-refractivity contribution in [1.29, 1.82) is 0 Å². The molecule has 2 saturated carbocycles. The van der Waals surface area contributed by atoms with Crippen LogP contribution in [-0.4, -0.2) is 33.6 Å². The number of imide groups is 2. The molecule has 9 rings (SSSR count). The molecule has 206 valence electrons. The maximum atomic E-state index is 13.2. The Labute approximate surface area is 241 Å². The molecule has 4 aliphatic carbocycles. The smallest absolute Gasteiger partial charge is 0.238 e. The van der Waals surface area contributed by atoms with E-state index in [0.29, 0.717) is 22.9 Å². The average Bonchev–Trinajstić information content (AvgIpc) is 3.87. The van der Waals surface area contributed by atoms with Gasteiger partial charge in [0.1, 0.15) is 0 Å². The summed E-state index contributed by atoms with van der Waals surface area (Å²) in [5.41, 5.74) is 3.47. The van der Waals surface area contributed by atoms with E-state index in [0.717, 1.165) is 24.0 Å². The first-order chi connectivity index (χ1) is 20.5. The molecule has 4 bridgehead atoms. The molecule has 2 aliphatic heterocycles. The minimum atomic E-state index is -0.230. The van der Waals surface area contributed by atoms with Crippen molar-refractivity contribution < 1.29 is 19.2 Å². The van der Waals surface area contributed by atoms with Crippen molar-refractivity contribution in [3.05, 3.63) is 85.1 Å². The molecule has 4 amide bonds. The van der Waals surface area contributed by atoms with E-state index in [2.05, 4.69) is 29.3 Å². The van der Waals surface area contributed by atoms with Crippen LogP contribution in [-0.2, 0) is 19.2 Å². The van der Waals surface area contributed by atoms with Crippen LogP contribution in [0.1, 0.15) is 12.8 Å². The van der Waals surface area contributed by atoms with E-state index < -0.39 is 0 Å². The molecule has 0 spiro atoms. The minimum Gasteiger partial charge on any atom is -0.274 e. The fraction of sp³-hybridized carbons (Fsp3) is 0.294. The van der Waals surface area contributed by atoms with E-state index in [1.807, 2.05) is 30.3 Å². The Kier molecular flexibility index (Phi) is 4.79. The second kappa shape index (κ2) is 8.41. The second-order valence-electron chi connectivity index (χ2n) is 12.4. The number of hydrogen-bond donors (Lipinski definition) is 0. The van der Waals surface area contributed by atoms with Gasteiger partial charge in [-0.2, -0.15) is 0 Å². The van der Waals surface area contributed by atoms with E-state index in [4.69, 9.17) is 4.98 Å². The zero-order valence-electron chi connectivity index (χ0n) is 22.5. The van der Waals surface area contributed by atoms with Gasteiger partial charge in [-0.15, -0.1) is 0 Å². The second-order valence-corrected chi connectivity index (χ2v) is 12.4. The first-order valence-corrected chi connectivity index (χ1v) is 14.6. The molecule has 0 radical (unpaired) electrons. The quantitative estimate of drug-likeness (QED) is 0.349. The fourth-order valence-corrected chi connectivity index (χ4v) is 8.51. The number of carbonyl (C=O) groups excluding carboxylic acids is 4. The summed E-state index contributed by atoms with van der Waals surface area (Å²) < 4.78 is 0. The van der Waals surface area contributed by atoms with Crippen LogP contribution < -0.4 is 9.80 Å². The summed E-state index contributed by atoms with van der Waals surface area (Å²) in [5, 5.41) is 0. The monoisotopic (exact) mass is 554 g/mol. The highest BCUT2D eigenvalue weighted by Crippen LogP contribution is 2.54. The lowest BCUT2D eigenvalue weighted by atomic mass is 9.85. The predicted molar refractivity (Wildman–Crippen MR) is 153 cm³/mol. The van der Waals surface area contributed by atoms with Crippen molar-refractivity contribution in [2.75, 3.05) is 9.80 Å². The predicted octanol–water partition coefficient (Wildman–Crippen LogP) is 4.43. The highest BCUT2D eigenvalue weighted by Gasteiger charge is 2.60. The van der Waals surface area contributed by atoms with Crippen LogP contribution in [0.3, 0.4) is 0 Å². The van der Waals surface area contributed by atoms with Crippen LogP contribution >= 0.6 is 0 Å². The zero-order valence-corrected chi connectivity index (χ0v) is 22.5. The average molecular weight is 555 g/mol. The van der Waals surface area contributed by atoms with Crippen LogP contribution in [0.5, 0.6) is 0 Å². The molecule has 42 heavy (non-hydrogen) atoms. The number of carbonyl (C=O) groups is 4. The van der Waals surface area contributed by atoms with Crippen LogP contribution in [0.25, 0.3) is 22.6 Å². The molecule has 3 aromatic rings. The van der Waals surface area contributed by atoms with Crippen LogP contribution in [0.4, 0.5) is 11.4 Å². The SMILES string of the molecule is O=C1C2C3C=CC(C3)C2C(=O)N1c1ccc(-c2ccnc(-c3ccc(N4C(=O)C5C6C=CC(C6)C5C4=O)cc3)n2)cc1. The number of aromatic nitrogens is 2. The normalized spacial score (nSPS) is 33.4. The molecule has 8 unspecified atom stereocenters. The minimum absolute atomic E-state index is 0.0908. The van der Waals surface area contributed by atoms with Gasteiger partial charge in [-0.3, -0.25) is 29.0 Å². The Balaban J connectivity index is 0.948. The first kappa shape index (κ1) is 23.9. The van der Waals surface area contributed by atoms with Crippen molar-refractivity contribution in [1.82, 2.24) is 9.97 Å². The van der Waals surface area contributed by atoms with Gasteiger partial charge in [0.2, 0.25) is 23.6 Å². The molecular formula is C34H26N4O4. The molecule has 2 aromatic carbocycles. The van der Waals surface area contributed by atoms with Gasteiger partial charge in [-0.25, -0.2) is 9.97 Å². The Morgan fingerprint density at radius 3 is 1.36 bits per heavy atom.